The van der Waals surface area contributed by atoms with Crippen molar-refractivity contribution in [3.63, 3.8) is 0 Å². The second kappa shape index (κ2) is 12.6. The fourth-order valence-electron chi connectivity index (χ4n) is 5.02. The zero-order chi connectivity index (χ0) is 27.2. The Hall–Kier alpha value is -3.49. The molecule has 2 aromatic carbocycles. The highest BCUT2D eigenvalue weighted by Gasteiger charge is 2.22. The summed E-state index contributed by atoms with van der Waals surface area (Å²) >= 11 is 3.61. The molecule has 0 aliphatic heterocycles. The Labute approximate surface area is 237 Å². The van der Waals surface area contributed by atoms with Gasteiger partial charge in [-0.25, -0.2) is 14.8 Å². The van der Waals surface area contributed by atoms with Gasteiger partial charge < -0.3 is 18.8 Å². The van der Waals surface area contributed by atoms with Gasteiger partial charge in [-0.2, -0.15) is 0 Å². The number of hydrogen-bond donors (Lipinski definition) is 0. The molecule has 0 saturated carbocycles. The van der Waals surface area contributed by atoms with Crippen LogP contribution in [0.1, 0.15) is 46.7 Å². The molecule has 4 aromatic rings. The summed E-state index contributed by atoms with van der Waals surface area (Å²) in [6.45, 7) is 1.72. The topological polar surface area (TPSA) is 75.5 Å². The molecule has 0 N–H and O–H groups in total. The van der Waals surface area contributed by atoms with Crippen LogP contribution in [0.3, 0.4) is 0 Å². The number of imidazole rings is 1. The summed E-state index contributed by atoms with van der Waals surface area (Å²) in [5, 5.41) is 0. The molecule has 0 fully saturated rings. The lowest BCUT2D eigenvalue weighted by atomic mass is 9.86. The van der Waals surface area contributed by atoms with Crippen molar-refractivity contribution in [3.05, 3.63) is 93.9 Å². The number of hydrogen-bond acceptors (Lipinski definition) is 6. The van der Waals surface area contributed by atoms with Crippen molar-refractivity contribution in [2.75, 3.05) is 20.8 Å². The third-order valence-electron chi connectivity index (χ3n) is 7.10. The standard InChI is InChI=1S/C31H32BrN3O4/c1-37-16-15-35-27-19-24(31(36)38-2)18-25(32)30(27)34-28(35)17-21-11-13-23(14-12-21)26-9-6-10-29(33-26)39-20-22-7-4-3-5-8-22/h3-10,13,18-19,21H,11-12,14-17,20H2,1-2H3. The number of carbonyl (C=O) groups excluding carboxylic acids is 1. The quantitative estimate of drug-likeness (QED) is 0.193. The number of benzene rings is 2. The van der Waals surface area contributed by atoms with Gasteiger partial charge in [0.25, 0.3) is 0 Å². The van der Waals surface area contributed by atoms with Gasteiger partial charge in [0.15, 0.2) is 0 Å². The van der Waals surface area contributed by atoms with Crippen molar-refractivity contribution in [1.82, 2.24) is 14.5 Å². The van der Waals surface area contributed by atoms with Crippen LogP contribution in [0.2, 0.25) is 0 Å². The molecule has 2 heterocycles. The van der Waals surface area contributed by atoms with Gasteiger partial charge in [0.2, 0.25) is 5.88 Å². The molecule has 1 aliphatic rings. The number of esters is 1. The van der Waals surface area contributed by atoms with Crippen LogP contribution in [0.5, 0.6) is 5.88 Å². The van der Waals surface area contributed by atoms with Crippen molar-refractivity contribution >= 4 is 38.5 Å². The van der Waals surface area contributed by atoms with Crippen LogP contribution in [0.15, 0.2) is 71.2 Å². The highest BCUT2D eigenvalue weighted by molar-refractivity contribution is 9.10. The smallest absolute Gasteiger partial charge is 0.337 e. The highest BCUT2D eigenvalue weighted by Crippen LogP contribution is 2.34. The van der Waals surface area contributed by atoms with E-state index in [1.165, 1.54) is 12.7 Å². The molecule has 2 aromatic heterocycles. The third-order valence-corrected chi connectivity index (χ3v) is 7.70. The second-order valence-electron chi connectivity index (χ2n) is 9.70. The predicted molar refractivity (Wildman–Crippen MR) is 155 cm³/mol. The fourth-order valence-corrected chi connectivity index (χ4v) is 5.56. The molecule has 0 radical (unpaired) electrons. The summed E-state index contributed by atoms with van der Waals surface area (Å²) in [4.78, 5) is 22.0. The average molecular weight is 591 g/mol. The molecule has 1 atom stereocenters. The number of ether oxygens (including phenoxy) is 3. The van der Waals surface area contributed by atoms with E-state index in [9.17, 15) is 4.79 Å². The zero-order valence-electron chi connectivity index (χ0n) is 22.2. The van der Waals surface area contributed by atoms with Gasteiger partial charge >= 0.3 is 5.97 Å². The lowest BCUT2D eigenvalue weighted by molar-refractivity contribution is 0.0601. The molecular weight excluding hydrogens is 558 g/mol. The monoisotopic (exact) mass is 589 g/mol. The molecule has 39 heavy (non-hydrogen) atoms. The lowest BCUT2D eigenvalue weighted by Crippen LogP contribution is -2.15. The van der Waals surface area contributed by atoms with E-state index in [4.69, 9.17) is 24.2 Å². The summed E-state index contributed by atoms with van der Waals surface area (Å²) in [6.07, 6.45) is 6.11. The molecule has 1 unspecified atom stereocenters. The summed E-state index contributed by atoms with van der Waals surface area (Å²) in [5.74, 6) is 1.74. The van der Waals surface area contributed by atoms with E-state index in [-0.39, 0.29) is 5.97 Å². The normalized spacial score (nSPS) is 15.3. The highest BCUT2D eigenvalue weighted by atomic mass is 79.9. The maximum atomic E-state index is 12.2. The predicted octanol–water partition coefficient (Wildman–Crippen LogP) is 6.63. The Kier molecular flexibility index (Phi) is 8.74. The van der Waals surface area contributed by atoms with Gasteiger partial charge in [-0.3, -0.25) is 0 Å². The molecule has 7 nitrogen and oxygen atoms in total. The maximum absolute atomic E-state index is 12.2. The molecule has 0 saturated heterocycles. The molecule has 1 aliphatic carbocycles. The minimum atomic E-state index is -0.369. The maximum Gasteiger partial charge on any atom is 0.337 e. The van der Waals surface area contributed by atoms with E-state index in [1.807, 2.05) is 48.5 Å². The van der Waals surface area contributed by atoms with E-state index < -0.39 is 0 Å². The Balaban J connectivity index is 1.31. The Morgan fingerprint density at radius 2 is 1.92 bits per heavy atom. The van der Waals surface area contributed by atoms with Crippen LogP contribution >= 0.6 is 15.9 Å². The first-order valence-corrected chi connectivity index (χ1v) is 13.9. The third kappa shape index (κ3) is 6.40. The van der Waals surface area contributed by atoms with Gasteiger partial charge in [-0.05, 0) is 70.4 Å². The van der Waals surface area contributed by atoms with Crippen molar-refractivity contribution in [1.29, 1.82) is 0 Å². The molecule has 0 spiro atoms. The van der Waals surface area contributed by atoms with Crippen LogP contribution in [0.4, 0.5) is 0 Å². The van der Waals surface area contributed by atoms with Gasteiger partial charge in [0.05, 0.1) is 30.5 Å². The second-order valence-corrected chi connectivity index (χ2v) is 10.6. The first-order valence-electron chi connectivity index (χ1n) is 13.1. The van der Waals surface area contributed by atoms with E-state index in [0.29, 0.717) is 37.1 Å². The van der Waals surface area contributed by atoms with Crippen LogP contribution in [0, 0.1) is 5.92 Å². The number of allylic oxidation sites excluding steroid dienone is 2. The molecule has 5 rings (SSSR count). The number of carbonyl (C=O) groups is 1. The Morgan fingerprint density at radius 3 is 2.67 bits per heavy atom. The Morgan fingerprint density at radius 1 is 1.08 bits per heavy atom. The van der Waals surface area contributed by atoms with Gasteiger partial charge in [-0.15, -0.1) is 0 Å². The fraction of sp³-hybridized carbons (Fsp3) is 0.323. The van der Waals surface area contributed by atoms with Crippen molar-refractivity contribution < 1.29 is 19.0 Å². The molecular formula is C31H32BrN3O4. The zero-order valence-corrected chi connectivity index (χ0v) is 23.8. The number of aromatic nitrogens is 3. The van der Waals surface area contributed by atoms with Crippen LogP contribution in [-0.2, 0) is 29.0 Å². The number of pyridine rings is 1. The van der Waals surface area contributed by atoms with E-state index in [0.717, 1.165) is 58.3 Å². The Bertz CT molecular complexity index is 1480. The summed E-state index contributed by atoms with van der Waals surface area (Å²) in [5.41, 5.74) is 5.60. The SMILES string of the molecule is COCCn1c(CC2CC=C(c3cccc(OCc4ccccc4)n3)CC2)nc2c(Br)cc(C(=O)OC)cc21. The average Bonchev–Trinajstić information content (AvgIpc) is 3.32. The summed E-state index contributed by atoms with van der Waals surface area (Å²) in [6, 6.07) is 19.7. The number of nitrogens with zero attached hydrogens (tertiary/aromatic N) is 3. The summed E-state index contributed by atoms with van der Waals surface area (Å²) < 4.78 is 19.2. The van der Waals surface area contributed by atoms with Crippen LogP contribution in [-0.4, -0.2) is 41.3 Å². The minimum Gasteiger partial charge on any atom is -0.473 e. The molecule has 8 heteroatoms. The van der Waals surface area contributed by atoms with E-state index in [1.54, 1.807) is 13.2 Å². The number of halogens is 1. The van der Waals surface area contributed by atoms with E-state index >= 15 is 0 Å². The first-order chi connectivity index (χ1) is 19.1. The van der Waals surface area contributed by atoms with Crippen molar-refractivity contribution in [2.24, 2.45) is 5.92 Å². The number of rotatable bonds is 10. The lowest BCUT2D eigenvalue weighted by Gasteiger charge is -2.22. The van der Waals surface area contributed by atoms with Gasteiger partial charge in [0, 0.05) is 30.6 Å². The number of fused-ring (bicyclic) bond motifs is 1. The van der Waals surface area contributed by atoms with Crippen molar-refractivity contribution in [3.8, 4) is 5.88 Å². The first kappa shape index (κ1) is 27.1. The minimum absolute atomic E-state index is 0.369. The molecule has 202 valence electrons. The van der Waals surface area contributed by atoms with E-state index in [2.05, 4.69) is 32.6 Å². The largest absolute Gasteiger partial charge is 0.473 e. The van der Waals surface area contributed by atoms with Gasteiger partial charge in [0.1, 0.15) is 17.9 Å². The van der Waals surface area contributed by atoms with Crippen LogP contribution in [0.25, 0.3) is 16.6 Å². The molecule has 0 amide bonds. The van der Waals surface area contributed by atoms with Crippen molar-refractivity contribution in [2.45, 2.75) is 38.8 Å². The summed E-state index contributed by atoms with van der Waals surface area (Å²) in [7, 11) is 3.08. The molecule has 0 bridgehead atoms. The number of methoxy groups -OCH3 is 2. The van der Waals surface area contributed by atoms with Gasteiger partial charge in [-0.1, -0.05) is 42.5 Å². The van der Waals surface area contributed by atoms with Crippen LogP contribution < -0.4 is 4.74 Å².